The molecule has 0 N–H and O–H groups in total. The van der Waals surface area contributed by atoms with Crippen LogP contribution in [0.2, 0.25) is 0 Å². The van der Waals surface area contributed by atoms with Gasteiger partial charge in [0.25, 0.3) is 5.56 Å². The third kappa shape index (κ3) is 4.00. The number of rotatable bonds is 4. The van der Waals surface area contributed by atoms with Crippen LogP contribution >= 0.6 is 0 Å². The van der Waals surface area contributed by atoms with E-state index in [9.17, 15) is 22.8 Å². The molecule has 10 heteroatoms. The number of alkyl halides is 3. The molecule has 1 aliphatic heterocycles. The summed E-state index contributed by atoms with van der Waals surface area (Å²) in [6.07, 6.45) is -1.65. The molecule has 1 unspecified atom stereocenters. The fraction of sp³-hybridized carbons (Fsp3) is 0.400. The Morgan fingerprint density at radius 1 is 1.13 bits per heavy atom. The van der Waals surface area contributed by atoms with Gasteiger partial charge in [0.1, 0.15) is 12.4 Å². The van der Waals surface area contributed by atoms with Gasteiger partial charge >= 0.3 is 11.9 Å². The van der Waals surface area contributed by atoms with E-state index in [1.807, 2.05) is 4.90 Å². The first-order chi connectivity index (χ1) is 14.2. The Morgan fingerprint density at radius 3 is 2.63 bits per heavy atom. The van der Waals surface area contributed by atoms with E-state index < -0.39 is 30.0 Å². The highest BCUT2D eigenvalue weighted by molar-refractivity contribution is 5.77. The molecule has 1 saturated heterocycles. The Labute approximate surface area is 169 Å². The van der Waals surface area contributed by atoms with Gasteiger partial charge in [0.2, 0.25) is 0 Å². The molecule has 0 saturated carbocycles. The average Bonchev–Trinajstić information content (AvgIpc) is 3.14. The van der Waals surface area contributed by atoms with Crippen molar-refractivity contribution >= 4 is 10.9 Å². The zero-order valence-corrected chi connectivity index (χ0v) is 16.3. The Bertz CT molecular complexity index is 1200. The number of fused-ring (bicyclic) bond motifs is 1. The Balaban J connectivity index is 1.78. The van der Waals surface area contributed by atoms with Crippen LogP contribution in [0.1, 0.15) is 30.4 Å². The van der Waals surface area contributed by atoms with E-state index in [0.717, 1.165) is 11.0 Å². The zero-order valence-electron chi connectivity index (χ0n) is 16.3. The molecule has 0 amide bonds. The van der Waals surface area contributed by atoms with Gasteiger partial charge in [0, 0.05) is 19.8 Å². The SMILES string of the molecule is Cn1ccc(CN2CCCC2c2nc3ccccc3c(=O)n2CC(F)(F)F)nc1=O. The highest BCUT2D eigenvalue weighted by Crippen LogP contribution is 2.33. The standard InChI is InChI=1S/C20H20F3N5O2/c1-26-10-8-13(24-19(26)30)11-27-9-4-7-16(27)17-25-15-6-3-2-5-14(15)18(29)28(17)12-20(21,22)23/h2-3,5-6,8,10,16H,4,7,9,11-12H2,1H3. The summed E-state index contributed by atoms with van der Waals surface area (Å²) in [5.74, 6) is 0.0948. The van der Waals surface area contributed by atoms with Crippen molar-refractivity contribution in [1.29, 1.82) is 0 Å². The maximum Gasteiger partial charge on any atom is 0.406 e. The first-order valence-electron chi connectivity index (χ1n) is 9.56. The van der Waals surface area contributed by atoms with Crippen LogP contribution in [0.4, 0.5) is 13.2 Å². The lowest BCUT2D eigenvalue weighted by Gasteiger charge is -2.26. The summed E-state index contributed by atoms with van der Waals surface area (Å²) in [7, 11) is 1.59. The molecule has 0 radical (unpaired) electrons. The predicted octanol–water partition coefficient (Wildman–Crippen LogP) is 2.39. The van der Waals surface area contributed by atoms with Crippen molar-refractivity contribution in [2.45, 2.75) is 38.1 Å². The summed E-state index contributed by atoms with van der Waals surface area (Å²) in [5.41, 5.74) is -0.211. The van der Waals surface area contributed by atoms with Crippen LogP contribution in [0.15, 0.2) is 46.1 Å². The van der Waals surface area contributed by atoms with E-state index >= 15 is 0 Å². The van der Waals surface area contributed by atoms with Crippen LogP contribution in [0, 0.1) is 0 Å². The molecule has 1 aliphatic rings. The van der Waals surface area contributed by atoms with Crippen LogP contribution < -0.4 is 11.2 Å². The molecule has 7 nitrogen and oxygen atoms in total. The van der Waals surface area contributed by atoms with E-state index in [4.69, 9.17) is 0 Å². The van der Waals surface area contributed by atoms with Crippen LogP contribution in [0.3, 0.4) is 0 Å². The molecule has 3 heterocycles. The molecular formula is C20H20F3N5O2. The van der Waals surface area contributed by atoms with Gasteiger partial charge in [0.05, 0.1) is 22.6 Å². The van der Waals surface area contributed by atoms with E-state index in [0.29, 0.717) is 24.2 Å². The monoisotopic (exact) mass is 419 g/mol. The Kier molecular flexibility index (Phi) is 5.19. The van der Waals surface area contributed by atoms with Gasteiger partial charge in [-0.15, -0.1) is 0 Å². The molecule has 3 aromatic rings. The average molecular weight is 419 g/mol. The summed E-state index contributed by atoms with van der Waals surface area (Å²) >= 11 is 0. The molecule has 1 atom stereocenters. The van der Waals surface area contributed by atoms with E-state index in [2.05, 4.69) is 9.97 Å². The van der Waals surface area contributed by atoms with Crippen molar-refractivity contribution in [3.63, 3.8) is 0 Å². The number of benzene rings is 1. The van der Waals surface area contributed by atoms with Crippen LogP contribution in [0.25, 0.3) is 10.9 Å². The number of halogens is 3. The smallest absolute Gasteiger partial charge is 0.302 e. The second kappa shape index (κ2) is 7.67. The fourth-order valence-electron chi connectivity index (χ4n) is 3.88. The summed E-state index contributed by atoms with van der Waals surface area (Å²) in [4.78, 5) is 35.1. The zero-order chi connectivity index (χ0) is 21.5. The Hall–Kier alpha value is -3.01. The third-order valence-electron chi connectivity index (χ3n) is 5.29. The first-order valence-corrected chi connectivity index (χ1v) is 9.56. The molecule has 2 aromatic heterocycles. The molecule has 158 valence electrons. The van der Waals surface area contributed by atoms with Gasteiger partial charge < -0.3 is 4.57 Å². The van der Waals surface area contributed by atoms with E-state index in [1.54, 1.807) is 37.5 Å². The van der Waals surface area contributed by atoms with Gasteiger partial charge in [-0.2, -0.15) is 18.2 Å². The molecule has 0 aliphatic carbocycles. The van der Waals surface area contributed by atoms with Crippen molar-refractivity contribution in [3.8, 4) is 0 Å². The van der Waals surface area contributed by atoms with Gasteiger partial charge in [-0.25, -0.2) is 9.78 Å². The van der Waals surface area contributed by atoms with Crippen molar-refractivity contribution in [1.82, 2.24) is 24.0 Å². The molecule has 1 aromatic carbocycles. The van der Waals surface area contributed by atoms with Gasteiger partial charge in [-0.3, -0.25) is 14.3 Å². The largest absolute Gasteiger partial charge is 0.406 e. The van der Waals surface area contributed by atoms with E-state index in [1.165, 1.54) is 10.6 Å². The Morgan fingerprint density at radius 2 is 1.90 bits per heavy atom. The fourth-order valence-corrected chi connectivity index (χ4v) is 3.88. The van der Waals surface area contributed by atoms with Crippen molar-refractivity contribution < 1.29 is 13.2 Å². The lowest BCUT2D eigenvalue weighted by atomic mass is 10.1. The minimum atomic E-state index is -4.56. The maximum absolute atomic E-state index is 13.3. The van der Waals surface area contributed by atoms with Crippen LogP contribution in [0.5, 0.6) is 0 Å². The molecular weight excluding hydrogens is 399 g/mol. The second-order valence-corrected chi connectivity index (χ2v) is 7.43. The van der Waals surface area contributed by atoms with Crippen LogP contribution in [-0.2, 0) is 20.1 Å². The maximum atomic E-state index is 13.3. The quantitative estimate of drug-likeness (QED) is 0.649. The van der Waals surface area contributed by atoms with E-state index in [-0.39, 0.29) is 17.8 Å². The van der Waals surface area contributed by atoms with Gasteiger partial charge in [-0.1, -0.05) is 12.1 Å². The number of likely N-dealkylation sites (tertiary alicyclic amines) is 1. The minimum Gasteiger partial charge on any atom is -0.302 e. The number of para-hydroxylation sites is 1. The number of aromatic nitrogens is 4. The normalized spacial score (nSPS) is 17.7. The molecule has 0 spiro atoms. The summed E-state index contributed by atoms with van der Waals surface area (Å²) in [5, 5.41) is 0.156. The van der Waals surface area contributed by atoms with Crippen molar-refractivity contribution in [2.75, 3.05) is 6.54 Å². The summed E-state index contributed by atoms with van der Waals surface area (Å²) in [6, 6.07) is 7.63. The minimum absolute atomic E-state index is 0.0948. The first kappa shape index (κ1) is 20.3. The lowest BCUT2D eigenvalue weighted by molar-refractivity contribution is -0.142. The van der Waals surface area contributed by atoms with Gasteiger partial charge in [-0.05, 0) is 37.6 Å². The lowest BCUT2D eigenvalue weighted by Crippen LogP contribution is -2.36. The predicted molar refractivity (Wildman–Crippen MR) is 104 cm³/mol. The number of hydrogen-bond acceptors (Lipinski definition) is 5. The van der Waals surface area contributed by atoms with Crippen molar-refractivity contribution in [2.24, 2.45) is 7.05 Å². The second-order valence-electron chi connectivity index (χ2n) is 7.43. The number of hydrogen-bond donors (Lipinski definition) is 0. The molecule has 0 bridgehead atoms. The number of aryl methyl sites for hydroxylation is 1. The highest BCUT2D eigenvalue weighted by Gasteiger charge is 2.35. The molecule has 30 heavy (non-hydrogen) atoms. The summed E-state index contributed by atoms with van der Waals surface area (Å²) in [6.45, 7) is -0.501. The van der Waals surface area contributed by atoms with Crippen LogP contribution in [-0.4, -0.2) is 36.7 Å². The van der Waals surface area contributed by atoms with Gasteiger partial charge in [0.15, 0.2) is 0 Å². The van der Waals surface area contributed by atoms with Crippen molar-refractivity contribution in [3.05, 3.63) is 68.9 Å². The third-order valence-corrected chi connectivity index (χ3v) is 5.29. The molecule has 4 rings (SSSR count). The topological polar surface area (TPSA) is 73.0 Å². The molecule has 1 fully saturated rings. The highest BCUT2D eigenvalue weighted by atomic mass is 19.4. The summed E-state index contributed by atoms with van der Waals surface area (Å²) < 4.78 is 41.9. The number of nitrogens with zero attached hydrogens (tertiary/aromatic N) is 5.